The Balaban J connectivity index is 1.58. The van der Waals surface area contributed by atoms with Gasteiger partial charge >= 0.3 is 0 Å². The number of rotatable bonds is 8. The molecule has 0 spiro atoms. The summed E-state index contributed by atoms with van der Waals surface area (Å²) in [5.74, 6) is 0.860. The van der Waals surface area contributed by atoms with Crippen LogP contribution >= 0.6 is 0 Å². The van der Waals surface area contributed by atoms with Crippen LogP contribution in [0, 0.1) is 0 Å². The molecule has 0 atom stereocenters. The maximum atomic E-state index is 5.36. The van der Waals surface area contributed by atoms with E-state index in [4.69, 9.17) is 9.73 Å². The second-order valence-corrected chi connectivity index (χ2v) is 6.53. The summed E-state index contributed by atoms with van der Waals surface area (Å²) in [5, 5.41) is 11.1. The topological polar surface area (TPSA) is 63.5 Å². The van der Waals surface area contributed by atoms with Gasteiger partial charge in [0.15, 0.2) is 5.96 Å². The van der Waals surface area contributed by atoms with Crippen molar-refractivity contribution < 1.29 is 4.74 Å². The third-order valence-corrected chi connectivity index (χ3v) is 4.56. The highest BCUT2D eigenvalue weighted by Crippen LogP contribution is 2.12. The Bertz CT molecular complexity index is 752. The molecule has 2 N–H and O–H groups in total. The van der Waals surface area contributed by atoms with Crippen molar-refractivity contribution in [1.82, 2.24) is 20.4 Å². The molecule has 0 aliphatic carbocycles. The van der Waals surface area contributed by atoms with Crippen molar-refractivity contribution in [2.24, 2.45) is 4.99 Å². The minimum absolute atomic E-state index is 0.642. The normalized spacial score (nSPS) is 14.7. The fraction of sp³-hybridized carbons (Fsp3) is 0.429. The maximum Gasteiger partial charge on any atom is 0.191 e. The van der Waals surface area contributed by atoms with E-state index in [1.165, 1.54) is 16.7 Å². The highest BCUT2D eigenvalue weighted by atomic mass is 16.5. The third-order valence-electron chi connectivity index (χ3n) is 4.56. The average Bonchev–Trinajstić information content (AvgIpc) is 3.21. The summed E-state index contributed by atoms with van der Waals surface area (Å²) in [6.07, 6.45) is 8.05. The zero-order chi connectivity index (χ0) is 18.7. The molecule has 144 valence electrons. The number of ether oxygens (including phenoxy) is 1. The molecule has 1 aliphatic heterocycles. The molecule has 6 nitrogen and oxygen atoms in total. The van der Waals surface area contributed by atoms with Gasteiger partial charge in [0.25, 0.3) is 0 Å². The zero-order valence-corrected chi connectivity index (χ0v) is 16.0. The summed E-state index contributed by atoms with van der Waals surface area (Å²) in [6.45, 7) is 6.81. The standard InChI is InChI=1S/C21H29N5O/c1-2-22-21(23-12-8-18-9-14-27-15-10-18)24-16-19-6-3-4-7-20(19)17-26-13-5-11-25-26/h3-7,9,11,13H,2,8,10,12,14-17H2,1H3,(H2,22,23,24). The minimum atomic E-state index is 0.642. The second-order valence-electron chi connectivity index (χ2n) is 6.53. The van der Waals surface area contributed by atoms with Crippen molar-refractivity contribution in [3.8, 4) is 0 Å². The first-order valence-corrected chi connectivity index (χ1v) is 9.67. The molecule has 0 saturated heterocycles. The van der Waals surface area contributed by atoms with Gasteiger partial charge in [0, 0.05) is 25.5 Å². The highest BCUT2D eigenvalue weighted by molar-refractivity contribution is 5.79. The number of nitrogens with zero attached hydrogens (tertiary/aromatic N) is 3. The number of aliphatic imine (C=N–C) groups is 1. The van der Waals surface area contributed by atoms with Gasteiger partial charge in [0.05, 0.1) is 26.3 Å². The number of aromatic nitrogens is 2. The summed E-state index contributed by atoms with van der Waals surface area (Å²) in [4.78, 5) is 4.78. The van der Waals surface area contributed by atoms with E-state index in [0.29, 0.717) is 6.54 Å². The molecule has 0 saturated carbocycles. The Labute approximate surface area is 161 Å². The van der Waals surface area contributed by atoms with Crippen LogP contribution < -0.4 is 10.6 Å². The van der Waals surface area contributed by atoms with Crippen molar-refractivity contribution in [3.63, 3.8) is 0 Å². The van der Waals surface area contributed by atoms with Crippen LogP contribution in [-0.4, -0.2) is 42.0 Å². The van der Waals surface area contributed by atoms with Crippen LogP contribution in [0.4, 0.5) is 0 Å². The van der Waals surface area contributed by atoms with Gasteiger partial charge in [-0.1, -0.05) is 35.9 Å². The Morgan fingerprint density at radius 2 is 2.11 bits per heavy atom. The van der Waals surface area contributed by atoms with Crippen LogP contribution in [0.2, 0.25) is 0 Å². The predicted octanol–water partition coefficient (Wildman–Crippen LogP) is 2.72. The van der Waals surface area contributed by atoms with Gasteiger partial charge in [-0.05, 0) is 37.0 Å². The first kappa shape index (κ1) is 19.2. The van der Waals surface area contributed by atoms with E-state index in [1.54, 1.807) is 0 Å². The molecule has 0 radical (unpaired) electrons. The Hall–Kier alpha value is -2.60. The predicted molar refractivity (Wildman–Crippen MR) is 109 cm³/mol. The third kappa shape index (κ3) is 6.25. The Morgan fingerprint density at radius 1 is 1.22 bits per heavy atom. The van der Waals surface area contributed by atoms with E-state index in [-0.39, 0.29) is 0 Å². The van der Waals surface area contributed by atoms with E-state index < -0.39 is 0 Å². The molecule has 0 unspecified atom stereocenters. The number of nitrogens with one attached hydrogen (secondary N) is 2. The van der Waals surface area contributed by atoms with Gasteiger partial charge < -0.3 is 15.4 Å². The lowest BCUT2D eigenvalue weighted by atomic mass is 10.1. The lowest BCUT2D eigenvalue weighted by Crippen LogP contribution is -2.38. The molecule has 2 heterocycles. The van der Waals surface area contributed by atoms with Crippen molar-refractivity contribution in [3.05, 3.63) is 65.5 Å². The van der Waals surface area contributed by atoms with Crippen LogP contribution in [0.25, 0.3) is 0 Å². The van der Waals surface area contributed by atoms with E-state index in [0.717, 1.165) is 51.6 Å². The molecule has 6 heteroatoms. The van der Waals surface area contributed by atoms with Crippen LogP contribution in [0.3, 0.4) is 0 Å². The molecule has 3 rings (SSSR count). The molecular formula is C21H29N5O. The van der Waals surface area contributed by atoms with Gasteiger partial charge in [-0.25, -0.2) is 4.99 Å². The van der Waals surface area contributed by atoms with Crippen molar-refractivity contribution >= 4 is 5.96 Å². The van der Waals surface area contributed by atoms with Crippen LogP contribution in [0.15, 0.2) is 59.4 Å². The average molecular weight is 367 g/mol. The zero-order valence-electron chi connectivity index (χ0n) is 16.0. The Kier molecular flexibility index (Phi) is 7.47. The molecule has 27 heavy (non-hydrogen) atoms. The van der Waals surface area contributed by atoms with E-state index in [2.05, 4.69) is 53.0 Å². The van der Waals surface area contributed by atoms with Crippen LogP contribution in [0.1, 0.15) is 30.9 Å². The lowest BCUT2D eigenvalue weighted by molar-refractivity contribution is 0.153. The van der Waals surface area contributed by atoms with Gasteiger partial charge in [0.1, 0.15) is 0 Å². The first-order valence-electron chi connectivity index (χ1n) is 9.67. The number of guanidine groups is 1. The van der Waals surface area contributed by atoms with Gasteiger partial charge in [-0.2, -0.15) is 5.10 Å². The fourth-order valence-electron chi connectivity index (χ4n) is 3.07. The van der Waals surface area contributed by atoms with Crippen molar-refractivity contribution in [2.75, 3.05) is 26.3 Å². The smallest absolute Gasteiger partial charge is 0.191 e. The maximum absolute atomic E-state index is 5.36. The Morgan fingerprint density at radius 3 is 2.85 bits per heavy atom. The molecule has 1 aromatic carbocycles. The monoisotopic (exact) mass is 367 g/mol. The highest BCUT2D eigenvalue weighted by Gasteiger charge is 2.06. The van der Waals surface area contributed by atoms with E-state index in [1.807, 2.05) is 23.1 Å². The fourth-order valence-corrected chi connectivity index (χ4v) is 3.07. The molecule has 0 amide bonds. The molecule has 1 aromatic heterocycles. The SMILES string of the molecule is CCNC(=NCc1ccccc1Cn1cccn1)NCCC1=CCOCC1. The number of hydrogen-bond donors (Lipinski definition) is 2. The first-order chi connectivity index (χ1) is 13.3. The number of benzene rings is 1. The van der Waals surface area contributed by atoms with Gasteiger partial charge in [0.2, 0.25) is 0 Å². The summed E-state index contributed by atoms with van der Waals surface area (Å²) < 4.78 is 7.30. The van der Waals surface area contributed by atoms with Gasteiger partial charge in [-0.15, -0.1) is 0 Å². The quantitative estimate of drug-likeness (QED) is 0.428. The number of hydrogen-bond acceptors (Lipinski definition) is 3. The molecule has 0 fully saturated rings. The summed E-state index contributed by atoms with van der Waals surface area (Å²) >= 11 is 0. The molecule has 1 aliphatic rings. The van der Waals surface area contributed by atoms with Crippen molar-refractivity contribution in [2.45, 2.75) is 32.9 Å². The largest absolute Gasteiger partial charge is 0.377 e. The van der Waals surface area contributed by atoms with E-state index in [9.17, 15) is 0 Å². The second kappa shape index (κ2) is 10.5. The molecular weight excluding hydrogens is 338 g/mol. The minimum Gasteiger partial charge on any atom is -0.377 e. The summed E-state index contributed by atoms with van der Waals surface area (Å²) in [6, 6.07) is 10.4. The summed E-state index contributed by atoms with van der Waals surface area (Å²) in [7, 11) is 0. The van der Waals surface area contributed by atoms with Crippen LogP contribution in [-0.2, 0) is 17.8 Å². The molecule has 2 aromatic rings. The van der Waals surface area contributed by atoms with Gasteiger partial charge in [-0.3, -0.25) is 4.68 Å². The van der Waals surface area contributed by atoms with E-state index >= 15 is 0 Å². The summed E-state index contributed by atoms with van der Waals surface area (Å²) in [5.41, 5.74) is 3.93. The van der Waals surface area contributed by atoms with Crippen LogP contribution in [0.5, 0.6) is 0 Å². The lowest BCUT2D eigenvalue weighted by Gasteiger charge is -2.15. The van der Waals surface area contributed by atoms with Crippen molar-refractivity contribution in [1.29, 1.82) is 0 Å². The molecule has 0 bridgehead atoms.